The van der Waals surface area contributed by atoms with Gasteiger partial charge in [0.2, 0.25) is 5.91 Å². The number of aliphatic hydroxyl groups is 1. The highest BCUT2D eigenvalue weighted by Gasteiger charge is 2.34. The summed E-state index contributed by atoms with van der Waals surface area (Å²) in [5.74, 6) is -0.418. The summed E-state index contributed by atoms with van der Waals surface area (Å²) in [6.45, 7) is 2.39. The molecule has 0 radical (unpaired) electrons. The number of amides is 2. The van der Waals surface area contributed by atoms with Gasteiger partial charge in [0.1, 0.15) is 22.6 Å². The predicted molar refractivity (Wildman–Crippen MR) is 79.7 cm³/mol. The summed E-state index contributed by atoms with van der Waals surface area (Å²) < 4.78 is 10.7. The smallest absolute Gasteiger partial charge is 0.256 e. The number of aliphatic hydroxyl groups excluding tert-OH is 1. The molecule has 0 fully saturated rings. The fraction of sp³-hybridized carbons (Fsp3) is 0.333. The number of hydrogen-bond donors (Lipinski definition) is 3. The van der Waals surface area contributed by atoms with Gasteiger partial charge in [-0.3, -0.25) is 9.59 Å². The topological polar surface area (TPSA) is 115 Å². The lowest BCUT2D eigenvalue weighted by Gasteiger charge is -2.24. The van der Waals surface area contributed by atoms with Crippen LogP contribution in [-0.4, -0.2) is 36.2 Å². The van der Waals surface area contributed by atoms with Crippen molar-refractivity contribution in [2.45, 2.75) is 19.4 Å². The SMILES string of the molecule is COc1ccc2oc(C)c(C(=O)NC(C)(CO)C(N)=O)c2c1. The first-order valence-electron chi connectivity index (χ1n) is 6.63. The van der Waals surface area contributed by atoms with Gasteiger partial charge < -0.3 is 25.3 Å². The van der Waals surface area contributed by atoms with E-state index in [1.165, 1.54) is 14.0 Å². The Hall–Kier alpha value is -2.54. The molecule has 0 bridgehead atoms. The normalized spacial score (nSPS) is 13.6. The number of fused-ring (bicyclic) bond motifs is 1. The largest absolute Gasteiger partial charge is 0.497 e. The van der Waals surface area contributed by atoms with E-state index < -0.39 is 24.0 Å². The fourth-order valence-electron chi connectivity index (χ4n) is 2.10. The molecule has 2 amide bonds. The Morgan fingerprint density at radius 2 is 2.14 bits per heavy atom. The maximum Gasteiger partial charge on any atom is 0.256 e. The number of methoxy groups -OCH3 is 1. The Labute approximate surface area is 127 Å². The Balaban J connectivity index is 2.47. The highest BCUT2D eigenvalue weighted by atomic mass is 16.5. The second kappa shape index (κ2) is 5.69. The van der Waals surface area contributed by atoms with Gasteiger partial charge in [-0.2, -0.15) is 0 Å². The minimum atomic E-state index is -1.55. The monoisotopic (exact) mass is 306 g/mol. The van der Waals surface area contributed by atoms with Crippen molar-refractivity contribution < 1.29 is 23.8 Å². The summed E-state index contributed by atoms with van der Waals surface area (Å²) in [4.78, 5) is 23.9. The van der Waals surface area contributed by atoms with Crippen LogP contribution in [0.25, 0.3) is 11.0 Å². The van der Waals surface area contributed by atoms with E-state index in [4.69, 9.17) is 14.9 Å². The minimum absolute atomic E-state index is 0.273. The number of furan rings is 1. The van der Waals surface area contributed by atoms with E-state index >= 15 is 0 Å². The maximum absolute atomic E-state index is 12.5. The van der Waals surface area contributed by atoms with E-state index in [9.17, 15) is 14.7 Å². The number of rotatable bonds is 5. The summed E-state index contributed by atoms with van der Waals surface area (Å²) in [5.41, 5.74) is 4.47. The van der Waals surface area contributed by atoms with Gasteiger partial charge in [-0.25, -0.2) is 0 Å². The number of hydrogen-bond acceptors (Lipinski definition) is 5. The van der Waals surface area contributed by atoms with E-state index in [0.29, 0.717) is 22.5 Å². The van der Waals surface area contributed by atoms with Gasteiger partial charge >= 0.3 is 0 Å². The van der Waals surface area contributed by atoms with Crippen LogP contribution in [0.1, 0.15) is 23.0 Å². The number of carbonyl (C=O) groups excluding carboxylic acids is 2. The van der Waals surface area contributed by atoms with E-state index in [1.54, 1.807) is 25.1 Å². The van der Waals surface area contributed by atoms with E-state index in [-0.39, 0.29) is 5.56 Å². The van der Waals surface area contributed by atoms with Gasteiger partial charge in [0.15, 0.2) is 0 Å². The molecule has 7 nitrogen and oxygen atoms in total. The molecule has 1 unspecified atom stereocenters. The molecule has 2 rings (SSSR count). The number of nitrogens with one attached hydrogen (secondary N) is 1. The average Bonchev–Trinajstić information content (AvgIpc) is 2.81. The van der Waals surface area contributed by atoms with Gasteiger partial charge in [0.25, 0.3) is 5.91 Å². The van der Waals surface area contributed by atoms with E-state index in [2.05, 4.69) is 5.32 Å². The van der Waals surface area contributed by atoms with Crippen molar-refractivity contribution >= 4 is 22.8 Å². The molecule has 4 N–H and O–H groups in total. The molecule has 2 aromatic rings. The molecule has 1 aromatic carbocycles. The first kappa shape index (κ1) is 15.8. The highest BCUT2D eigenvalue weighted by molar-refractivity contribution is 6.09. The van der Waals surface area contributed by atoms with Gasteiger partial charge in [-0.05, 0) is 32.0 Å². The summed E-state index contributed by atoms with van der Waals surface area (Å²) in [6.07, 6.45) is 0. The van der Waals surface area contributed by atoms with Crippen LogP contribution in [0.15, 0.2) is 22.6 Å². The summed E-state index contributed by atoms with van der Waals surface area (Å²) in [6, 6.07) is 5.08. The first-order chi connectivity index (χ1) is 10.3. The standard InChI is InChI=1S/C15H18N2O5/c1-8-12(13(19)17-15(2,7-18)14(16)20)10-6-9(21-3)4-5-11(10)22-8/h4-6,18H,7H2,1-3H3,(H2,16,20)(H,17,19). The van der Waals surface area contributed by atoms with Crippen LogP contribution in [0, 0.1) is 6.92 Å². The van der Waals surface area contributed by atoms with Crippen LogP contribution in [0.3, 0.4) is 0 Å². The molecular weight excluding hydrogens is 288 g/mol. The molecule has 0 spiro atoms. The minimum Gasteiger partial charge on any atom is -0.497 e. The summed E-state index contributed by atoms with van der Waals surface area (Å²) in [7, 11) is 1.52. The Morgan fingerprint density at radius 1 is 1.45 bits per heavy atom. The lowest BCUT2D eigenvalue weighted by Crippen LogP contribution is -2.57. The number of benzene rings is 1. The van der Waals surface area contributed by atoms with Gasteiger partial charge in [-0.15, -0.1) is 0 Å². The Morgan fingerprint density at radius 3 is 2.68 bits per heavy atom. The fourth-order valence-corrected chi connectivity index (χ4v) is 2.10. The number of primary amides is 1. The quantitative estimate of drug-likeness (QED) is 0.753. The molecule has 0 aliphatic heterocycles. The third kappa shape index (κ3) is 2.62. The number of nitrogens with two attached hydrogens (primary N) is 1. The van der Waals surface area contributed by atoms with Gasteiger partial charge in [-0.1, -0.05) is 0 Å². The van der Waals surface area contributed by atoms with Crippen LogP contribution in [0.5, 0.6) is 5.75 Å². The van der Waals surface area contributed by atoms with Crippen molar-refractivity contribution in [1.82, 2.24) is 5.32 Å². The molecule has 0 aliphatic carbocycles. The zero-order valence-corrected chi connectivity index (χ0v) is 12.6. The Bertz CT molecular complexity index is 737. The van der Waals surface area contributed by atoms with Crippen molar-refractivity contribution in [3.63, 3.8) is 0 Å². The third-order valence-electron chi connectivity index (χ3n) is 3.55. The average molecular weight is 306 g/mol. The number of carbonyl (C=O) groups is 2. The highest BCUT2D eigenvalue weighted by Crippen LogP contribution is 2.29. The van der Waals surface area contributed by atoms with Crippen molar-refractivity contribution in [2.75, 3.05) is 13.7 Å². The zero-order chi connectivity index (χ0) is 16.5. The number of ether oxygens (including phenoxy) is 1. The van der Waals surface area contributed by atoms with Crippen LogP contribution < -0.4 is 15.8 Å². The second-order valence-electron chi connectivity index (χ2n) is 5.20. The van der Waals surface area contributed by atoms with Gasteiger partial charge in [0.05, 0.1) is 19.3 Å². The molecule has 1 atom stereocenters. The zero-order valence-electron chi connectivity index (χ0n) is 12.6. The van der Waals surface area contributed by atoms with E-state index in [1.807, 2.05) is 0 Å². The first-order valence-corrected chi connectivity index (χ1v) is 6.63. The molecule has 1 heterocycles. The third-order valence-corrected chi connectivity index (χ3v) is 3.55. The summed E-state index contributed by atoms with van der Waals surface area (Å²) >= 11 is 0. The molecule has 7 heteroatoms. The lowest BCUT2D eigenvalue weighted by atomic mass is 10.0. The molecular formula is C15H18N2O5. The van der Waals surface area contributed by atoms with Crippen molar-refractivity contribution in [3.8, 4) is 5.75 Å². The summed E-state index contributed by atoms with van der Waals surface area (Å²) in [5, 5.41) is 12.3. The maximum atomic E-state index is 12.5. The second-order valence-corrected chi connectivity index (χ2v) is 5.20. The molecule has 0 saturated heterocycles. The van der Waals surface area contributed by atoms with Crippen molar-refractivity contribution in [2.24, 2.45) is 5.73 Å². The van der Waals surface area contributed by atoms with Crippen LogP contribution in [0.4, 0.5) is 0 Å². The van der Waals surface area contributed by atoms with Crippen LogP contribution in [-0.2, 0) is 4.79 Å². The molecule has 118 valence electrons. The molecule has 0 saturated carbocycles. The Kier molecular flexibility index (Phi) is 4.09. The molecule has 1 aromatic heterocycles. The van der Waals surface area contributed by atoms with Crippen LogP contribution >= 0.6 is 0 Å². The van der Waals surface area contributed by atoms with Crippen LogP contribution in [0.2, 0.25) is 0 Å². The number of aryl methyl sites for hydroxylation is 1. The van der Waals surface area contributed by atoms with E-state index in [0.717, 1.165) is 0 Å². The van der Waals surface area contributed by atoms with Gasteiger partial charge in [0, 0.05) is 5.39 Å². The van der Waals surface area contributed by atoms with Crippen molar-refractivity contribution in [3.05, 3.63) is 29.5 Å². The lowest BCUT2D eigenvalue weighted by molar-refractivity contribution is -0.124. The molecule has 22 heavy (non-hydrogen) atoms. The van der Waals surface area contributed by atoms with Crippen molar-refractivity contribution in [1.29, 1.82) is 0 Å². The predicted octanol–water partition coefficient (Wildman–Crippen LogP) is 0.716. The molecule has 0 aliphatic rings.